The number of hydrogen-bond donors (Lipinski definition) is 0. The zero-order chi connectivity index (χ0) is 16.6. The molecule has 0 fully saturated rings. The standard InChI is InChI=1S/C19H16F3S/c1-3-4-13-5-10-16-17(11-13)23-12(2)18(16)14-6-8-15(9-7-14)19(20,21)22/h5-11H,1,3-4H2,2H3. The Hall–Kier alpha value is -1.81. The van der Waals surface area contributed by atoms with E-state index in [-0.39, 0.29) is 0 Å². The second-order valence-electron chi connectivity index (χ2n) is 5.54. The van der Waals surface area contributed by atoms with E-state index >= 15 is 0 Å². The van der Waals surface area contributed by atoms with Crippen molar-refractivity contribution in [2.45, 2.75) is 25.9 Å². The molecule has 4 heteroatoms. The van der Waals surface area contributed by atoms with Crippen LogP contribution in [0, 0.1) is 13.8 Å². The van der Waals surface area contributed by atoms with Crippen molar-refractivity contribution in [1.29, 1.82) is 0 Å². The molecule has 0 nitrogen and oxygen atoms in total. The molecule has 1 heterocycles. The summed E-state index contributed by atoms with van der Waals surface area (Å²) in [6.07, 6.45) is -2.52. The Morgan fingerprint density at radius 2 is 1.74 bits per heavy atom. The SMILES string of the molecule is [CH2]CCc1ccc2c(-c3ccc(C(F)(F)F)cc3)c(C)sc2c1. The maximum absolute atomic E-state index is 12.7. The van der Waals surface area contributed by atoms with E-state index < -0.39 is 11.7 Å². The van der Waals surface area contributed by atoms with Gasteiger partial charge in [0.05, 0.1) is 5.56 Å². The van der Waals surface area contributed by atoms with Gasteiger partial charge < -0.3 is 0 Å². The molecule has 0 aliphatic carbocycles. The number of alkyl halides is 3. The van der Waals surface area contributed by atoms with E-state index in [0.717, 1.165) is 46.4 Å². The van der Waals surface area contributed by atoms with Gasteiger partial charge in [0.15, 0.2) is 0 Å². The fourth-order valence-corrected chi connectivity index (χ4v) is 3.96. The van der Waals surface area contributed by atoms with E-state index in [1.54, 1.807) is 23.5 Å². The van der Waals surface area contributed by atoms with E-state index in [1.807, 2.05) is 6.92 Å². The van der Waals surface area contributed by atoms with Gasteiger partial charge >= 0.3 is 6.18 Å². The fraction of sp³-hybridized carbons (Fsp3) is 0.211. The molecule has 23 heavy (non-hydrogen) atoms. The van der Waals surface area contributed by atoms with Gasteiger partial charge in [-0.1, -0.05) is 31.2 Å². The zero-order valence-electron chi connectivity index (χ0n) is 12.7. The van der Waals surface area contributed by atoms with Gasteiger partial charge in [0, 0.05) is 20.5 Å². The van der Waals surface area contributed by atoms with Crippen molar-refractivity contribution in [2.75, 3.05) is 0 Å². The highest BCUT2D eigenvalue weighted by atomic mass is 32.1. The van der Waals surface area contributed by atoms with Gasteiger partial charge in [-0.15, -0.1) is 11.3 Å². The van der Waals surface area contributed by atoms with Gasteiger partial charge in [0.1, 0.15) is 0 Å². The van der Waals surface area contributed by atoms with Crippen LogP contribution in [-0.2, 0) is 12.6 Å². The molecule has 0 bridgehead atoms. The van der Waals surface area contributed by atoms with Crippen LogP contribution in [0.5, 0.6) is 0 Å². The molecule has 0 unspecified atom stereocenters. The lowest BCUT2D eigenvalue weighted by Gasteiger charge is -2.08. The lowest BCUT2D eigenvalue weighted by Crippen LogP contribution is -2.03. The molecule has 1 radical (unpaired) electrons. The minimum absolute atomic E-state index is 0.615. The van der Waals surface area contributed by atoms with Crippen molar-refractivity contribution < 1.29 is 13.2 Å². The number of rotatable bonds is 3. The predicted molar refractivity (Wildman–Crippen MR) is 90.7 cm³/mol. The van der Waals surface area contributed by atoms with Crippen LogP contribution in [0.2, 0.25) is 0 Å². The second-order valence-corrected chi connectivity index (χ2v) is 6.80. The summed E-state index contributed by atoms with van der Waals surface area (Å²) in [4.78, 5) is 1.12. The van der Waals surface area contributed by atoms with Gasteiger partial charge in [0.2, 0.25) is 0 Å². The average molecular weight is 333 g/mol. The van der Waals surface area contributed by atoms with Gasteiger partial charge in [-0.2, -0.15) is 13.2 Å². The maximum atomic E-state index is 12.7. The number of hydrogen-bond acceptors (Lipinski definition) is 1. The zero-order valence-corrected chi connectivity index (χ0v) is 13.5. The molecular weight excluding hydrogens is 317 g/mol. The quantitative estimate of drug-likeness (QED) is 0.502. The Morgan fingerprint density at radius 3 is 2.35 bits per heavy atom. The molecule has 1 aromatic heterocycles. The molecule has 0 saturated carbocycles. The molecular formula is C19H16F3S. The van der Waals surface area contributed by atoms with Crippen molar-refractivity contribution in [3.8, 4) is 11.1 Å². The number of thiophene rings is 1. The van der Waals surface area contributed by atoms with E-state index in [4.69, 9.17) is 0 Å². The predicted octanol–water partition coefficient (Wildman–Crippen LogP) is 6.66. The molecule has 0 aliphatic rings. The van der Waals surface area contributed by atoms with E-state index in [0.29, 0.717) is 0 Å². The highest BCUT2D eigenvalue weighted by Crippen LogP contribution is 2.40. The number of fused-ring (bicyclic) bond motifs is 1. The smallest absolute Gasteiger partial charge is 0.166 e. The van der Waals surface area contributed by atoms with Crippen molar-refractivity contribution >= 4 is 21.4 Å². The molecule has 0 amide bonds. The van der Waals surface area contributed by atoms with Crippen LogP contribution in [0.3, 0.4) is 0 Å². The Morgan fingerprint density at radius 1 is 1.04 bits per heavy atom. The normalized spacial score (nSPS) is 12.0. The first-order chi connectivity index (χ1) is 10.9. The summed E-state index contributed by atoms with van der Waals surface area (Å²) >= 11 is 1.68. The Labute approximate surface area is 137 Å². The number of aryl methyl sites for hydroxylation is 2. The first kappa shape index (κ1) is 16.1. The minimum atomic E-state index is -4.30. The van der Waals surface area contributed by atoms with Crippen LogP contribution < -0.4 is 0 Å². The van der Waals surface area contributed by atoms with Crippen LogP contribution >= 0.6 is 11.3 Å². The summed E-state index contributed by atoms with van der Waals surface area (Å²) in [6.45, 7) is 5.88. The number of halogens is 3. The average Bonchev–Trinajstić information content (AvgIpc) is 2.82. The lowest BCUT2D eigenvalue weighted by atomic mass is 9.99. The summed E-state index contributed by atoms with van der Waals surface area (Å²) in [5.74, 6) is 0. The van der Waals surface area contributed by atoms with Crippen LogP contribution in [-0.4, -0.2) is 0 Å². The maximum Gasteiger partial charge on any atom is 0.416 e. The minimum Gasteiger partial charge on any atom is -0.166 e. The molecule has 2 aromatic carbocycles. The summed E-state index contributed by atoms with van der Waals surface area (Å²) in [6, 6.07) is 11.7. The molecule has 0 saturated heterocycles. The van der Waals surface area contributed by atoms with E-state index in [2.05, 4.69) is 25.1 Å². The first-order valence-electron chi connectivity index (χ1n) is 7.39. The third kappa shape index (κ3) is 3.13. The molecule has 0 N–H and O–H groups in total. The fourth-order valence-electron chi connectivity index (χ4n) is 2.81. The van der Waals surface area contributed by atoms with Gasteiger partial charge in [-0.05, 0) is 49.1 Å². The lowest BCUT2D eigenvalue weighted by molar-refractivity contribution is -0.137. The Kier molecular flexibility index (Phi) is 4.19. The number of benzene rings is 2. The largest absolute Gasteiger partial charge is 0.416 e. The Bertz CT molecular complexity index is 826. The highest BCUT2D eigenvalue weighted by molar-refractivity contribution is 7.19. The van der Waals surface area contributed by atoms with E-state index in [1.165, 1.54) is 10.3 Å². The third-order valence-corrected chi connectivity index (χ3v) is 4.96. The van der Waals surface area contributed by atoms with Crippen molar-refractivity contribution in [3.63, 3.8) is 0 Å². The van der Waals surface area contributed by atoms with Crippen molar-refractivity contribution in [3.05, 3.63) is 65.4 Å². The van der Waals surface area contributed by atoms with Crippen LogP contribution in [0.25, 0.3) is 21.2 Å². The van der Waals surface area contributed by atoms with Gasteiger partial charge in [0.25, 0.3) is 0 Å². The molecule has 0 spiro atoms. The van der Waals surface area contributed by atoms with E-state index in [9.17, 15) is 13.2 Å². The van der Waals surface area contributed by atoms with Crippen LogP contribution in [0.1, 0.15) is 22.4 Å². The molecule has 0 aliphatic heterocycles. The van der Waals surface area contributed by atoms with Gasteiger partial charge in [-0.25, -0.2) is 0 Å². The third-order valence-electron chi connectivity index (χ3n) is 3.90. The monoisotopic (exact) mass is 333 g/mol. The molecule has 0 atom stereocenters. The van der Waals surface area contributed by atoms with Crippen molar-refractivity contribution in [1.82, 2.24) is 0 Å². The topological polar surface area (TPSA) is 0 Å². The summed E-state index contributed by atoms with van der Waals surface area (Å²) in [5.41, 5.74) is 2.48. The molecule has 3 rings (SSSR count). The highest BCUT2D eigenvalue weighted by Gasteiger charge is 2.30. The molecule has 119 valence electrons. The first-order valence-corrected chi connectivity index (χ1v) is 8.20. The van der Waals surface area contributed by atoms with Crippen molar-refractivity contribution in [2.24, 2.45) is 0 Å². The van der Waals surface area contributed by atoms with Crippen LogP contribution in [0.4, 0.5) is 13.2 Å². The Balaban J connectivity index is 2.07. The second kappa shape index (κ2) is 6.00. The summed E-state index contributed by atoms with van der Waals surface area (Å²) < 4.78 is 39.3. The van der Waals surface area contributed by atoms with Crippen LogP contribution in [0.15, 0.2) is 42.5 Å². The van der Waals surface area contributed by atoms with Gasteiger partial charge in [-0.3, -0.25) is 0 Å². The summed E-state index contributed by atoms with van der Waals surface area (Å²) in [7, 11) is 0. The molecule has 3 aromatic rings. The summed E-state index contributed by atoms with van der Waals surface area (Å²) in [5, 5.41) is 1.10.